The summed E-state index contributed by atoms with van der Waals surface area (Å²) in [6.07, 6.45) is 0. The van der Waals surface area contributed by atoms with Gasteiger partial charge in [0.05, 0.1) is 33.7 Å². The Kier molecular flexibility index (Phi) is 7.02. The zero-order chi connectivity index (χ0) is 34.6. The number of nitriles is 1. The fourth-order valence-electron chi connectivity index (χ4n) is 7.44. The van der Waals surface area contributed by atoms with Gasteiger partial charge in [0.1, 0.15) is 6.07 Å². The number of thiophene rings is 1. The van der Waals surface area contributed by atoms with E-state index in [2.05, 4.69) is 144 Å². The molecule has 52 heavy (non-hydrogen) atoms. The third-order valence-electron chi connectivity index (χ3n) is 9.88. The third-order valence-corrected chi connectivity index (χ3v) is 11.0. The molecule has 0 fully saturated rings. The summed E-state index contributed by atoms with van der Waals surface area (Å²) in [4.78, 5) is 10.2. The first-order valence-electron chi connectivity index (χ1n) is 17.2. The van der Waals surface area contributed by atoms with Crippen molar-refractivity contribution in [2.45, 2.75) is 0 Å². The molecule has 3 aromatic heterocycles. The number of nitrogens with zero attached hydrogens (tertiary/aromatic N) is 4. The molecule has 0 spiro atoms. The van der Waals surface area contributed by atoms with Gasteiger partial charge in [-0.2, -0.15) is 5.26 Å². The lowest BCUT2D eigenvalue weighted by Gasteiger charge is -2.14. The molecule has 0 bridgehead atoms. The number of hydrogen-bond donors (Lipinski definition) is 0. The minimum absolute atomic E-state index is 0.638. The third kappa shape index (κ3) is 4.89. The normalized spacial score (nSPS) is 11.4. The number of fused-ring (bicyclic) bond motifs is 6. The van der Waals surface area contributed by atoms with Crippen molar-refractivity contribution >= 4 is 53.3 Å². The molecule has 0 saturated heterocycles. The molecule has 0 unspecified atom stereocenters. The summed E-state index contributed by atoms with van der Waals surface area (Å²) < 4.78 is 4.74. The standard InChI is InChI=1S/C47H28N4S/c48-29-39-34(32-23-25-46-38(26-32)36-17-8-10-21-45(36)52-46)18-11-20-43(39)51-42-19-9-7-16-35(42)37-27-33(22-24-44(37)51)47-49-40(30-12-3-1-4-13-30)28-41(50-47)31-14-5-2-6-15-31/h1-28H. The van der Waals surface area contributed by atoms with E-state index in [1.165, 1.54) is 20.2 Å². The monoisotopic (exact) mass is 680 g/mol. The Morgan fingerprint density at radius 2 is 1.08 bits per heavy atom. The summed E-state index contributed by atoms with van der Waals surface area (Å²) >= 11 is 1.80. The van der Waals surface area contributed by atoms with Crippen molar-refractivity contribution < 1.29 is 0 Å². The van der Waals surface area contributed by atoms with Gasteiger partial charge in [-0.1, -0.05) is 115 Å². The topological polar surface area (TPSA) is 54.5 Å². The predicted molar refractivity (Wildman–Crippen MR) is 216 cm³/mol. The van der Waals surface area contributed by atoms with E-state index in [0.29, 0.717) is 11.4 Å². The van der Waals surface area contributed by atoms with E-state index in [-0.39, 0.29) is 0 Å². The van der Waals surface area contributed by atoms with Crippen LogP contribution < -0.4 is 0 Å². The molecule has 0 aliphatic rings. The first-order valence-corrected chi connectivity index (χ1v) is 18.0. The lowest BCUT2D eigenvalue weighted by molar-refractivity contribution is 1.16. The summed E-state index contributed by atoms with van der Waals surface area (Å²) in [5, 5.41) is 15.4. The smallest absolute Gasteiger partial charge is 0.160 e. The number of benzene rings is 7. The second-order valence-corrected chi connectivity index (χ2v) is 14.0. The SMILES string of the molecule is N#Cc1c(-c2ccc3sc4ccccc4c3c2)cccc1-n1c2ccccc2c2cc(-c3nc(-c4ccccc4)cc(-c4ccccc4)n3)ccc21. The fraction of sp³-hybridized carbons (Fsp3) is 0. The first-order chi connectivity index (χ1) is 25.7. The molecule has 242 valence electrons. The number of para-hydroxylation sites is 1. The highest BCUT2D eigenvalue weighted by molar-refractivity contribution is 7.25. The second-order valence-electron chi connectivity index (χ2n) is 12.9. The summed E-state index contributed by atoms with van der Waals surface area (Å²) in [6.45, 7) is 0. The van der Waals surface area contributed by atoms with Crippen LogP contribution in [0.25, 0.3) is 92.7 Å². The van der Waals surface area contributed by atoms with Gasteiger partial charge in [0.25, 0.3) is 0 Å². The lowest BCUT2D eigenvalue weighted by Crippen LogP contribution is -1.99. The Labute approximate surface area is 304 Å². The molecular formula is C47H28N4S. The Bertz CT molecular complexity index is 2970. The van der Waals surface area contributed by atoms with E-state index in [0.717, 1.165) is 66.7 Å². The molecule has 0 saturated carbocycles. The van der Waals surface area contributed by atoms with Crippen LogP contribution in [-0.2, 0) is 0 Å². The van der Waals surface area contributed by atoms with Crippen molar-refractivity contribution in [1.29, 1.82) is 5.26 Å². The highest BCUT2D eigenvalue weighted by Crippen LogP contribution is 2.40. The van der Waals surface area contributed by atoms with Crippen LogP contribution in [0.15, 0.2) is 170 Å². The van der Waals surface area contributed by atoms with Crippen LogP contribution in [0.3, 0.4) is 0 Å². The Morgan fingerprint density at radius 1 is 0.462 bits per heavy atom. The highest BCUT2D eigenvalue weighted by Gasteiger charge is 2.20. The predicted octanol–water partition coefficient (Wildman–Crippen LogP) is 12.5. The van der Waals surface area contributed by atoms with Crippen molar-refractivity contribution in [2.75, 3.05) is 0 Å². The molecule has 5 heteroatoms. The van der Waals surface area contributed by atoms with Crippen molar-refractivity contribution in [3.05, 3.63) is 175 Å². The summed E-state index contributed by atoms with van der Waals surface area (Å²) in [5.74, 6) is 0.662. The van der Waals surface area contributed by atoms with Crippen molar-refractivity contribution in [3.63, 3.8) is 0 Å². The van der Waals surface area contributed by atoms with Gasteiger partial charge in [0.15, 0.2) is 5.82 Å². The van der Waals surface area contributed by atoms with Crippen LogP contribution in [0.2, 0.25) is 0 Å². The van der Waals surface area contributed by atoms with Gasteiger partial charge < -0.3 is 4.57 Å². The van der Waals surface area contributed by atoms with Gasteiger partial charge in [0, 0.05) is 53.2 Å². The average Bonchev–Trinajstić information content (AvgIpc) is 3.76. The number of hydrogen-bond acceptors (Lipinski definition) is 4. The van der Waals surface area contributed by atoms with Crippen molar-refractivity contribution in [1.82, 2.24) is 14.5 Å². The van der Waals surface area contributed by atoms with Crippen LogP contribution in [0.4, 0.5) is 0 Å². The molecule has 4 nitrogen and oxygen atoms in total. The van der Waals surface area contributed by atoms with Crippen LogP contribution in [0, 0.1) is 11.3 Å². The van der Waals surface area contributed by atoms with Crippen LogP contribution in [-0.4, -0.2) is 14.5 Å². The number of rotatable bonds is 5. The molecule has 3 heterocycles. The molecule has 0 amide bonds. The van der Waals surface area contributed by atoms with Gasteiger partial charge in [0.2, 0.25) is 0 Å². The van der Waals surface area contributed by atoms with E-state index in [4.69, 9.17) is 9.97 Å². The van der Waals surface area contributed by atoms with E-state index in [1.807, 2.05) is 36.4 Å². The quantitative estimate of drug-likeness (QED) is 0.182. The molecule has 0 atom stereocenters. The van der Waals surface area contributed by atoms with Crippen molar-refractivity contribution in [2.24, 2.45) is 0 Å². The number of aromatic nitrogens is 3. The van der Waals surface area contributed by atoms with Crippen molar-refractivity contribution in [3.8, 4) is 56.8 Å². The first kappa shape index (κ1) is 30.0. The van der Waals surface area contributed by atoms with E-state index in [9.17, 15) is 5.26 Å². The van der Waals surface area contributed by atoms with Gasteiger partial charge in [-0.15, -0.1) is 11.3 Å². The Balaban J connectivity index is 1.16. The second kappa shape index (κ2) is 12.2. The summed E-state index contributed by atoms with van der Waals surface area (Å²) in [5.41, 5.74) is 10.2. The molecule has 10 aromatic rings. The molecule has 10 rings (SSSR count). The minimum Gasteiger partial charge on any atom is -0.308 e. The Morgan fingerprint density at radius 3 is 1.83 bits per heavy atom. The Hall–Kier alpha value is -6.87. The largest absolute Gasteiger partial charge is 0.308 e. The molecule has 0 aliphatic heterocycles. The van der Waals surface area contributed by atoms with Crippen LogP contribution in [0.5, 0.6) is 0 Å². The highest BCUT2D eigenvalue weighted by atomic mass is 32.1. The van der Waals surface area contributed by atoms with Gasteiger partial charge >= 0.3 is 0 Å². The van der Waals surface area contributed by atoms with Crippen LogP contribution in [0.1, 0.15) is 5.56 Å². The maximum Gasteiger partial charge on any atom is 0.160 e. The molecular weight excluding hydrogens is 653 g/mol. The zero-order valence-corrected chi connectivity index (χ0v) is 28.7. The summed E-state index contributed by atoms with van der Waals surface area (Å²) in [7, 11) is 0. The van der Waals surface area contributed by atoms with Crippen LogP contribution >= 0.6 is 11.3 Å². The average molecular weight is 681 g/mol. The lowest BCUT2D eigenvalue weighted by atomic mass is 9.97. The molecule has 0 radical (unpaired) electrons. The maximum absolute atomic E-state index is 10.8. The van der Waals surface area contributed by atoms with E-state index >= 15 is 0 Å². The van der Waals surface area contributed by atoms with Gasteiger partial charge in [-0.05, 0) is 60.2 Å². The van der Waals surface area contributed by atoms with Gasteiger partial charge in [-0.25, -0.2) is 9.97 Å². The molecule has 7 aromatic carbocycles. The summed E-state index contributed by atoms with van der Waals surface area (Å²) in [6, 6.07) is 61.3. The molecule has 0 aliphatic carbocycles. The van der Waals surface area contributed by atoms with E-state index in [1.54, 1.807) is 11.3 Å². The van der Waals surface area contributed by atoms with E-state index < -0.39 is 0 Å². The zero-order valence-electron chi connectivity index (χ0n) is 27.9. The minimum atomic E-state index is 0.638. The molecule has 0 N–H and O–H groups in total. The fourth-order valence-corrected chi connectivity index (χ4v) is 8.53. The maximum atomic E-state index is 10.8. The van der Waals surface area contributed by atoms with Gasteiger partial charge in [-0.3, -0.25) is 0 Å².